The molecular formula is C8H11FN2. The number of nitrogens with two attached hydrogens (primary N) is 2. The van der Waals surface area contributed by atoms with Gasteiger partial charge in [0.1, 0.15) is 6.17 Å². The van der Waals surface area contributed by atoms with Gasteiger partial charge in [-0.3, -0.25) is 0 Å². The molecule has 0 unspecified atom stereocenters. The molecule has 0 heterocycles. The number of alkyl halides is 1. The SMILES string of the molecule is NC[C@H](F)c1ccc(N)cc1. The number of hydrogen-bond donors (Lipinski definition) is 2. The molecule has 0 saturated heterocycles. The zero-order chi connectivity index (χ0) is 8.27. The molecule has 4 N–H and O–H groups in total. The molecule has 0 spiro atoms. The number of anilines is 1. The molecule has 60 valence electrons. The summed E-state index contributed by atoms with van der Waals surface area (Å²) in [5, 5.41) is 0. The van der Waals surface area contributed by atoms with Gasteiger partial charge in [0.25, 0.3) is 0 Å². The van der Waals surface area contributed by atoms with Gasteiger partial charge < -0.3 is 11.5 Å². The lowest BCUT2D eigenvalue weighted by Gasteiger charge is -2.04. The minimum absolute atomic E-state index is 0.0178. The Kier molecular flexibility index (Phi) is 2.44. The lowest BCUT2D eigenvalue weighted by atomic mass is 10.1. The Morgan fingerprint density at radius 2 is 1.82 bits per heavy atom. The summed E-state index contributed by atoms with van der Waals surface area (Å²) >= 11 is 0. The third-order valence-electron chi connectivity index (χ3n) is 1.51. The molecule has 2 nitrogen and oxygen atoms in total. The maximum atomic E-state index is 12.8. The minimum Gasteiger partial charge on any atom is -0.399 e. The van der Waals surface area contributed by atoms with Gasteiger partial charge in [-0.15, -0.1) is 0 Å². The van der Waals surface area contributed by atoms with Crippen LogP contribution in [0.2, 0.25) is 0 Å². The molecule has 0 aromatic heterocycles. The van der Waals surface area contributed by atoms with Gasteiger partial charge >= 0.3 is 0 Å². The van der Waals surface area contributed by atoms with Gasteiger partial charge in [0.15, 0.2) is 0 Å². The second-order valence-electron chi connectivity index (χ2n) is 2.37. The van der Waals surface area contributed by atoms with Crippen LogP contribution < -0.4 is 11.5 Å². The van der Waals surface area contributed by atoms with E-state index in [4.69, 9.17) is 11.5 Å². The summed E-state index contributed by atoms with van der Waals surface area (Å²) < 4.78 is 12.8. The third kappa shape index (κ3) is 1.91. The van der Waals surface area contributed by atoms with Gasteiger partial charge in [-0.25, -0.2) is 4.39 Å². The quantitative estimate of drug-likeness (QED) is 0.629. The fourth-order valence-electron chi connectivity index (χ4n) is 0.841. The van der Waals surface area contributed by atoms with E-state index in [1.165, 1.54) is 0 Å². The first-order valence-corrected chi connectivity index (χ1v) is 3.43. The van der Waals surface area contributed by atoms with Crippen molar-refractivity contribution in [2.75, 3.05) is 12.3 Å². The van der Waals surface area contributed by atoms with Crippen LogP contribution in [0, 0.1) is 0 Å². The average molecular weight is 154 g/mol. The molecule has 0 radical (unpaired) electrons. The molecule has 0 aliphatic heterocycles. The second-order valence-corrected chi connectivity index (χ2v) is 2.37. The van der Waals surface area contributed by atoms with Crippen LogP contribution in [0.25, 0.3) is 0 Å². The van der Waals surface area contributed by atoms with Gasteiger partial charge in [0.05, 0.1) is 0 Å². The highest BCUT2D eigenvalue weighted by molar-refractivity contribution is 5.39. The van der Waals surface area contributed by atoms with Crippen molar-refractivity contribution in [1.82, 2.24) is 0 Å². The summed E-state index contributed by atoms with van der Waals surface area (Å²) in [5.74, 6) is 0. The van der Waals surface area contributed by atoms with E-state index in [2.05, 4.69) is 0 Å². The lowest BCUT2D eigenvalue weighted by Crippen LogP contribution is -2.07. The number of hydrogen-bond acceptors (Lipinski definition) is 2. The van der Waals surface area contributed by atoms with Crippen LogP contribution in [-0.2, 0) is 0 Å². The van der Waals surface area contributed by atoms with E-state index in [0.29, 0.717) is 11.3 Å². The van der Waals surface area contributed by atoms with Crippen LogP contribution in [0.5, 0.6) is 0 Å². The van der Waals surface area contributed by atoms with Crippen LogP contribution in [-0.4, -0.2) is 6.54 Å². The smallest absolute Gasteiger partial charge is 0.137 e. The van der Waals surface area contributed by atoms with Crippen molar-refractivity contribution in [3.05, 3.63) is 29.8 Å². The van der Waals surface area contributed by atoms with Crippen LogP contribution in [0.4, 0.5) is 10.1 Å². The fraction of sp³-hybridized carbons (Fsp3) is 0.250. The highest BCUT2D eigenvalue weighted by atomic mass is 19.1. The minimum atomic E-state index is -1.07. The Bertz CT molecular complexity index is 220. The number of rotatable bonds is 2. The van der Waals surface area contributed by atoms with Crippen LogP contribution >= 0.6 is 0 Å². The average Bonchev–Trinajstić information content (AvgIpc) is 2.05. The Labute approximate surface area is 65.0 Å². The largest absolute Gasteiger partial charge is 0.399 e. The van der Waals surface area contributed by atoms with E-state index in [1.54, 1.807) is 24.3 Å². The highest BCUT2D eigenvalue weighted by Gasteiger charge is 2.05. The predicted octanol–water partition coefficient (Wildman–Crippen LogP) is 1.24. The van der Waals surface area contributed by atoms with Gasteiger partial charge in [0, 0.05) is 12.2 Å². The van der Waals surface area contributed by atoms with E-state index >= 15 is 0 Å². The zero-order valence-corrected chi connectivity index (χ0v) is 6.13. The van der Waals surface area contributed by atoms with Crippen LogP contribution in [0.1, 0.15) is 11.7 Å². The Morgan fingerprint density at radius 1 is 1.27 bits per heavy atom. The first kappa shape index (κ1) is 8.01. The molecular weight excluding hydrogens is 143 g/mol. The first-order chi connectivity index (χ1) is 5.24. The molecule has 1 rings (SSSR count). The van der Waals surface area contributed by atoms with Crippen molar-refractivity contribution < 1.29 is 4.39 Å². The molecule has 0 aliphatic rings. The number of benzene rings is 1. The Balaban J connectivity index is 2.81. The fourth-order valence-corrected chi connectivity index (χ4v) is 0.841. The first-order valence-electron chi connectivity index (χ1n) is 3.43. The predicted molar refractivity (Wildman–Crippen MR) is 43.8 cm³/mol. The van der Waals surface area contributed by atoms with Crippen LogP contribution in [0.3, 0.4) is 0 Å². The molecule has 1 aromatic carbocycles. The molecule has 0 fully saturated rings. The Hall–Kier alpha value is -1.09. The van der Waals surface area contributed by atoms with E-state index in [-0.39, 0.29) is 6.54 Å². The summed E-state index contributed by atoms with van der Waals surface area (Å²) in [7, 11) is 0. The highest BCUT2D eigenvalue weighted by Crippen LogP contribution is 2.16. The summed E-state index contributed by atoms with van der Waals surface area (Å²) in [6.07, 6.45) is -1.07. The standard InChI is InChI=1S/C8H11FN2/c9-8(5-10)6-1-3-7(11)4-2-6/h1-4,8H,5,10-11H2/t8-/m0/s1. The van der Waals surface area contributed by atoms with Crippen LogP contribution in [0.15, 0.2) is 24.3 Å². The topological polar surface area (TPSA) is 52.0 Å². The van der Waals surface area contributed by atoms with Crippen molar-refractivity contribution in [2.24, 2.45) is 5.73 Å². The van der Waals surface area contributed by atoms with Crippen molar-refractivity contribution in [3.8, 4) is 0 Å². The van der Waals surface area contributed by atoms with Crippen molar-refractivity contribution in [3.63, 3.8) is 0 Å². The Morgan fingerprint density at radius 3 is 2.27 bits per heavy atom. The molecule has 0 saturated carbocycles. The number of halogens is 1. The summed E-state index contributed by atoms with van der Waals surface area (Å²) in [6.45, 7) is 0.0178. The molecule has 0 amide bonds. The van der Waals surface area contributed by atoms with Gasteiger partial charge in [-0.2, -0.15) is 0 Å². The molecule has 3 heteroatoms. The molecule has 11 heavy (non-hydrogen) atoms. The van der Waals surface area contributed by atoms with E-state index < -0.39 is 6.17 Å². The third-order valence-corrected chi connectivity index (χ3v) is 1.51. The van der Waals surface area contributed by atoms with Gasteiger partial charge in [-0.1, -0.05) is 12.1 Å². The van der Waals surface area contributed by atoms with Crippen molar-refractivity contribution in [2.45, 2.75) is 6.17 Å². The zero-order valence-electron chi connectivity index (χ0n) is 6.13. The maximum Gasteiger partial charge on any atom is 0.137 e. The molecule has 0 aliphatic carbocycles. The van der Waals surface area contributed by atoms with Gasteiger partial charge in [0.2, 0.25) is 0 Å². The molecule has 1 atom stereocenters. The van der Waals surface area contributed by atoms with E-state index in [9.17, 15) is 4.39 Å². The molecule has 0 bridgehead atoms. The summed E-state index contributed by atoms with van der Waals surface area (Å²) in [5.41, 5.74) is 11.8. The second kappa shape index (κ2) is 3.34. The maximum absolute atomic E-state index is 12.8. The number of nitrogen functional groups attached to an aromatic ring is 1. The lowest BCUT2D eigenvalue weighted by molar-refractivity contribution is 0.353. The van der Waals surface area contributed by atoms with Crippen molar-refractivity contribution in [1.29, 1.82) is 0 Å². The summed E-state index contributed by atoms with van der Waals surface area (Å²) in [6, 6.07) is 6.62. The van der Waals surface area contributed by atoms with Crippen molar-refractivity contribution >= 4 is 5.69 Å². The monoisotopic (exact) mass is 154 g/mol. The normalized spacial score (nSPS) is 12.9. The molecule has 1 aromatic rings. The van der Waals surface area contributed by atoms with E-state index in [1.807, 2.05) is 0 Å². The van der Waals surface area contributed by atoms with E-state index in [0.717, 1.165) is 0 Å². The summed E-state index contributed by atoms with van der Waals surface area (Å²) in [4.78, 5) is 0. The van der Waals surface area contributed by atoms with Gasteiger partial charge in [-0.05, 0) is 17.7 Å².